The molecule has 2 N–H and O–H groups in total. The zero-order valence-electron chi connectivity index (χ0n) is 12.7. The van der Waals surface area contributed by atoms with Crippen molar-refractivity contribution in [2.75, 3.05) is 32.7 Å². The largest absolute Gasteiger partial charge is 0.352 e. The van der Waals surface area contributed by atoms with Crippen LogP contribution >= 0.6 is 0 Å². The first-order chi connectivity index (χ1) is 9.70. The third-order valence-electron chi connectivity index (χ3n) is 5.54. The van der Waals surface area contributed by atoms with Crippen LogP contribution in [-0.2, 0) is 4.79 Å². The molecule has 3 aliphatic rings. The number of hydrogen-bond acceptors (Lipinski definition) is 3. The van der Waals surface area contributed by atoms with Crippen LogP contribution in [0.2, 0.25) is 0 Å². The van der Waals surface area contributed by atoms with Crippen LogP contribution in [0.5, 0.6) is 0 Å². The second-order valence-electron chi connectivity index (χ2n) is 7.23. The predicted octanol–water partition coefficient (Wildman–Crippen LogP) is 1.22. The molecular formula is C16H29N3O. The van der Waals surface area contributed by atoms with E-state index >= 15 is 0 Å². The lowest BCUT2D eigenvalue weighted by Gasteiger charge is -2.34. The van der Waals surface area contributed by atoms with Gasteiger partial charge in [-0.3, -0.25) is 9.69 Å². The summed E-state index contributed by atoms with van der Waals surface area (Å²) < 4.78 is 0. The monoisotopic (exact) mass is 279 g/mol. The van der Waals surface area contributed by atoms with Crippen molar-refractivity contribution in [2.45, 2.75) is 45.1 Å². The maximum absolute atomic E-state index is 12.2. The van der Waals surface area contributed by atoms with Gasteiger partial charge in [0.25, 0.3) is 0 Å². The average molecular weight is 279 g/mol. The molecule has 2 heterocycles. The van der Waals surface area contributed by atoms with Gasteiger partial charge in [-0.25, -0.2) is 0 Å². The van der Waals surface area contributed by atoms with Crippen LogP contribution in [0.3, 0.4) is 0 Å². The molecular weight excluding hydrogens is 250 g/mol. The highest BCUT2D eigenvalue weighted by atomic mass is 16.2. The Morgan fingerprint density at radius 2 is 1.90 bits per heavy atom. The van der Waals surface area contributed by atoms with Crippen LogP contribution in [-0.4, -0.2) is 49.6 Å². The van der Waals surface area contributed by atoms with Crippen LogP contribution in [0.4, 0.5) is 0 Å². The molecule has 1 amide bonds. The highest BCUT2D eigenvalue weighted by Crippen LogP contribution is 2.26. The molecule has 20 heavy (non-hydrogen) atoms. The molecule has 0 spiro atoms. The van der Waals surface area contributed by atoms with E-state index < -0.39 is 0 Å². The Balaban J connectivity index is 1.40. The van der Waals surface area contributed by atoms with Gasteiger partial charge in [-0.15, -0.1) is 0 Å². The van der Waals surface area contributed by atoms with Gasteiger partial charge in [-0.1, -0.05) is 6.92 Å². The summed E-state index contributed by atoms with van der Waals surface area (Å²) in [6.45, 7) is 7.45. The summed E-state index contributed by atoms with van der Waals surface area (Å²) in [7, 11) is 0. The van der Waals surface area contributed by atoms with Crippen molar-refractivity contribution in [2.24, 2.45) is 17.8 Å². The number of fused-ring (bicyclic) bond motifs is 1. The predicted molar refractivity (Wildman–Crippen MR) is 80.5 cm³/mol. The lowest BCUT2D eigenvalue weighted by atomic mass is 9.87. The van der Waals surface area contributed by atoms with Gasteiger partial charge in [0.1, 0.15) is 0 Å². The molecule has 114 valence electrons. The highest BCUT2D eigenvalue weighted by molar-refractivity contribution is 5.78. The zero-order valence-corrected chi connectivity index (χ0v) is 12.7. The number of piperidine rings is 1. The topological polar surface area (TPSA) is 44.4 Å². The van der Waals surface area contributed by atoms with Gasteiger partial charge in [0, 0.05) is 12.6 Å². The van der Waals surface area contributed by atoms with Crippen molar-refractivity contribution in [3.8, 4) is 0 Å². The molecule has 1 saturated carbocycles. The van der Waals surface area contributed by atoms with Crippen LogP contribution in [0, 0.1) is 17.8 Å². The molecule has 1 aliphatic carbocycles. The maximum atomic E-state index is 12.2. The summed E-state index contributed by atoms with van der Waals surface area (Å²) >= 11 is 0. The number of likely N-dealkylation sites (tertiary alicyclic amines) is 1. The van der Waals surface area contributed by atoms with Crippen molar-refractivity contribution in [1.29, 1.82) is 0 Å². The van der Waals surface area contributed by atoms with E-state index in [0.717, 1.165) is 37.4 Å². The standard InChI is InChI=1S/C16H29N3O/c1-12-2-4-15(5-3-12)18-16(20)11-19-7-6-13-8-17-9-14(13)10-19/h12-15,17H,2-11H2,1H3,(H,18,20). The lowest BCUT2D eigenvalue weighted by molar-refractivity contribution is -0.123. The van der Waals surface area contributed by atoms with Crippen LogP contribution in [0.1, 0.15) is 39.0 Å². The number of carbonyl (C=O) groups excluding carboxylic acids is 1. The van der Waals surface area contributed by atoms with Crippen LogP contribution in [0.25, 0.3) is 0 Å². The number of nitrogens with one attached hydrogen (secondary N) is 2. The minimum absolute atomic E-state index is 0.244. The number of nitrogens with zero attached hydrogens (tertiary/aromatic N) is 1. The van der Waals surface area contributed by atoms with E-state index in [4.69, 9.17) is 0 Å². The minimum Gasteiger partial charge on any atom is -0.352 e. The second-order valence-corrected chi connectivity index (χ2v) is 7.23. The average Bonchev–Trinajstić information content (AvgIpc) is 2.89. The molecule has 0 bridgehead atoms. The summed E-state index contributed by atoms with van der Waals surface area (Å²) in [5.41, 5.74) is 0. The van der Waals surface area contributed by atoms with E-state index in [1.54, 1.807) is 0 Å². The van der Waals surface area contributed by atoms with Gasteiger partial charge in [0.05, 0.1) is 6.54 Å². The fourth-order valence-corrected chi connectivity index (χ4v) is 4.13. The molecule has 2 saturated heterocycles. The Kier molecular flexibility index (Phi) is 4.61. The Labute approximate surface area is 122 Å². The van der Waals surface area contributed by atoms with E-state index in [-0.39, 0.29) is 5.91 Å². The summed E-state index contributed by atoms with van der Waals surface area (Å²) in [6, 6.07) is 0.435. The quantitative estimate of drug-likeness (QED) is 0.816. The second kappa shape index (κ2) is 6.44. The maximum Gasteiger partial charge on any atom is 0.234 e. The van der Waals surface area contributed by atoms with Crippen LogP contribution in [0.15, 0.2) is 0 Å². The van der Waals surface area contributed by atoms with Gasteiger partial charge in [-0.05, 0) is 69.5 Å². The molecule has 0 radical (unpaired) electrons. The smallest absolute Gasteiger partial charge is 0.234 e. The van der Waals surface area contributed by atoms with Gasteiger partial charge < -0.3 is 10.6 Å². The summed E-state index contributed by atoms with van der Waals surface area (Å²) in [4.78, 5) is 14.5. The number of amides is 1. The molecule has 2 aliphatic heterocycles. The van der Waals surface area contributed by atoms with Crippen molar-refractivity contribution in [3.05, 3.63) is 0 Å². The molecule has 4 heteroatoms. The Bertz CT molecular complexity index is 339. The van der Waals surface area contributed by atoms with Crippen LogP contribution < -0.4 is 10.6 Å². The minimum atomic E-state index is 0.244. The normalized spacial score (nSPS) is 38.5. The van der Waals surface area contributed by atoms with Crippen molar-refractivity contribution in [1.82, 2.24) is 15.5 Å². The third-order valence-corrected chi connectivity index (χ3v) is 5.54. The van der Waals surface area contributed by atoms with E-state index in [2.05, 4.69) is 22.5 Å². The van der Waals surface area contributed by atoms with Gasteiger partial charge >= 0.3 is 0 Å². The number of hydrogen-bond donors (Lipinski definition) is 2. The van der Waals surface area contributed by atoms with Gasteiger partial charge in [0.2, 0.25) is 5.91 Å². The van der Waals surface area contributed by atoms with E-state index in [1.165, 1.54) is 38.6 Å². The fraction of sp³-hybridized carbons (Fsp3) is 0.938. The Morgan fingerprint density at radius 3 is 2.70 bits per heavy atom. The first-order valence-corrected chi connectivity index (χ1v) is 8.43. The molecule has 3 fully saturated rings. The van der Waals surface area contributed by atoms with Gasteiger partial charge in [0.15, 0.2) is 0 Å². The van der Waals surface area contributed by atoms with E-state index in [9.17, 15) is 4.79 Å². The van der Waals surface area contributed by atoms with Crippen molar-refractivity contribution >= 4 is 5.91 Å². The van der Waals surface area contributed by atoms with Crippen molar-refractivity contribution < 1.29 is 4.79 Å². The molecule has 4 nitrogen and oxygen atoms in total. The zero-order chi connectivity index (χ0) is 13.9. The molecule has 2 unspecified atom stereocenters. The highest BCUT2D eigenvalue weighted by Gasteiger charge is 2.33. The molecule has 3 rings (SSSR count). The number of carbonyl (C=O) groups is 1. The molecule has 2 atom stereocenters. The molecule has 0 aromatic carbocycles. The Hall–Kier alpha value is -0.610. The van der Waals surface area contributed by atoms with Crippen molar-refractivity contribution in [3.63, 3.8) is 0 Å². The molecule has 0 aromatic heterocycles. The summed E-state index contributed by atoms with van der Waals surface area (Å²) in [5, 5.41) is 6.73. The first kappa shape index (κ1) is 14.3. The Morgan fingerprint density at radius 1 is 1.15 bits per heavy atom. The summed E-state index contributed by atoms with van der Waals surface area (Å²) in [6.07, 6.45) is 6.13. The molecule has 0 aromatic rings. The van der Waals surface area contributed by atoms with E-state index in [0.29, 0.717) is 12.6 Å². The SMILES string of the molecule is CC1CCC(NC(=O)CN2CCC3CNCC3C2)CC1. The third kappa shape index (κ3) is 3.53. The van der Waals surface area contributed by atoms with Gasteiger partial charge in [-0.2, -0.15) is 0 Å². The fourth-order valence-electron chi connectivity index (χ4n) is 4.13. The lowest BCUT2D eigenvalue weighted by Crippen LogP contribution is -2.47. The number of rotatable bonds is 3. The first-order valence-electron chi connectivity index (χ1n) is 8.43. The van der Waals surface area contributed by atoms with E-state index in [1.807, 2.05) is 0 Å². The summed E-state index contributed by atoms with van der Waals surface area (Å²) in [5.74, 6) is 2.72.